The van der Waals surface area contributed by atoms with Gasteiger partial charge in [-0.15, -0.1) is 0 Å². The summed E-state index contributed by atoms with van der Waals surface area (Å²) in [7, 11) is 2.59. The van der Waals surface area contributed by atoms with Crippen LogP contribution in [-0.4, -0.2) is 79.7 Å². The van der Waals surface area contributed by atoms with E-state index in [1.165, 1.54) is 24.8 Å². The number of hydrogen-bond acceptors (Lipinski definition) is 7. The number of likely N-dealkylation sites (tertiary alicyclic amines) is 1. The van der Waals surface area contributed by atoms with E-state index in [-0.39, 0.29) is 4.90 Å². The Morgan fingerprint density at radius 2 is 1.82 bits per heavy atom. The zero-order valence-corrected chi connectivity index (χ0v) is 21.9. The normalized spacial score (nSPS) is 20.1. The second kappa shape index (κ2) is 10.7. The lowest BCUT2D eigenvalue weighted by molar-refractivity contribution is -0.111. The molecule has 1 aliphatic heterocycles. The smallest absolute Gasteiger partial charge is 0.242 e. The van der Waals surface area contributed by atoms with Gasteiger partial charge in [0.05, 0.1) is 18.1 Å². The molecule has 33 heavy (non-hydrogen) atoms. The van der Waals surface area contributed by atoms with Crippen molar-refractivity contribution in [2.24, 2.45) is 11.8 Å². The van der Waals surface area contributed by atoms with Crippen molar-refractivity contribution < 1.29 is 17.9 Å². The third kappa shape index (κ3) is 5.90. The van der Waals surface area contributed by atoms with Crippen molar-refractivity contribution in [2.45, 2.75) is 44.7 Å². The monoisotopic (exact) mass is 497 g/mol. The van der Waals surface area contributed by atoms with Crippen LogP contribution < -0.4 is 0 Å². The van der Waals surface area contributed by atoms with Gasteiger partial charge in [0.2, 0.25) is 10.0 Å². The molecule has 1 aromatic heterocycles. The third-order valence-electron chi connectivity index (χ3n) is 5.93. The van der Waals surface area contributed by atoms with Gasteiger partial charge in [-0.05, 0) is 42.6 Å². The molecule has 2 atom stereocenters. The molecule has 2 heterocycles. The summed E-state index contributed by atoms with van der Waals surface area (Å²) in [6.07, 6.45) is 0.703. The molecule has 1 saturated heterocycles. The van der Waals surface area contributed by atoms with Crippen LogP contribution in [0.3, 0.4) is 0 Å². The van der Waals surface area contributed by atoms with Gasteiger partial charge in [0, 0.05) is 47.0 Å². The van der Waals surface area contributed by atoms with Gasteiger partial charge in [0.25, 0.3) is 0 Å². The van der Waals surface area contributed by atoms with Gasteiger partial charge in [0.15, 0.2) is 16.9 Å². The molecule has 2 aromatic rings. The average molecular weight is 498 g/mol. The van der Waals surface area contributed by atoms with Crippen LogP contribution in [0.25, 0.3) is 11.4 Å². The van der Waals surface area contributed by atoms with E-state index >= 15 is 0 Å². The van der Waals surface area contributed by atoms with Crippen molar-refractivity contribution in [1.29, 1.82) is 0 Å². The Kier molecular flexibility index (Phi) is 8.46. The van der Waals surface area contributed by atoms with Crippen molar-refractivity contribution in [3.8, 4) is 11.4 Å². The largest absolute Gasteiger partial charge is 0.354 e. The second-order valence-electron chi connectivity index (χ2n) is 9.06. The van der Waals surface area contributed by atoms with Crippen LogP contribution in [0.1, 0.15) is 20.3 Å². The van der Waals surface area contributed by atoms with Crippen LogP contribution >= 0.6 is 12.2 Å². The number of hydrogen-bond donors (Lipinski definition) is 0. The minimum absolute atomic E-state index is 0.200. The summed E-state index contributed by atoms with van der Waals surface area (Å²) in [5.41, 5.74) is 0.661. The molecule has 0 spiro atoms. The summed E-state index contributed by atoms with van der Waals surface area (Å²) in [5, 5.41) is 4.83. The molecular weight excluding hydrogens is 462 g/mol. The van der Waals surface area contributed by atoms with Gasteiger partial charge in [0.1, 0.15) is 0 Å². The molecule has 9 nitrogen and oxygen atoms in total. The maximum Gasteiger partial charge on any atom is 0.242 e. The maximum absolute atomic E-state index is 12.7. The fraction of sp³-hybridized carbons (Fsp3) is 0.636. The van der Waals surface area contributed by atoms with E-state index in [0.29, 0.717) is 41.2 Å². The fourth-order valence-corrected chi connectivity index (χ4v) is 5.62. The molecule has 1 aliphatic rings. The van der Waals surface area contributed by atoms with Crippen molar-refractivity contribution >= 4 is 22.2 Å². The fourth-order valence-electron chi connectivity index (χ4n) is 4.41. The summed E-state index contributed by atoms with van der Waals surface area (Å²) >= 11 is 5.80. The summed E-state index contributed by atoms with van der Waals surface area (Å²) in [5.74, 6) is 1.81. The van der Waals surface area contributed by atoms with Crippen molar-refractivity contribution in [2.75, 3.05) is 41.4 Å². The van der Waals surface area contributed by atoms with E-state index in [0.717, 1.165) is 13.1 Å². The number of ether oxygens (including phenoxy) is 2. The highest BCUT2D eigenvalue weighted by Gasteiger charge is 2.25. The molecule has 0 unspecified atom stereocenters. The summed E-state index contributed by atoms with van der Waals surface area (Å²) in [6.45, 7) is 7.43. The zero-order valence-electron chi connectivity index (χ0n) is 20.3. The molecule has 0 aliphatic carbocycles. The van der Waals surface area contributed by atoms with Crippen LogP contribution in [0.4, 0.5) is 0 Å². The third-order valence-corrected chi connectivity index (χ3v) is 8.17. The molecule has 0 bridgehead atoms. The van der Waals surface area contributed by atoms with Gasteiger partial charge in [-0.2, -0.15) is 5.10 Å². The first kappa shape index (κ1) is 26.0. The number of methoxy groups -OCH3 is 2. The molecule has 184 valence electrons. The van der Waals surface area contributed by atoms with E-state index in [1.54, 1.807) is 32.4 Å². The van der Waals surface area contributed by atoms with Crippen molar-refractivity contribution in [1.82, 2.24) is 23.6 Å². The molecule has 11 heteroatoms. The van der Waals surface area contributed by atoms with Crippen LogP contribution in [0, 0.1) is 16.6 Å². The molecule has 0 amide bonds. The highest BCUT2D eigenvalue weighted by molar-refractivity contribution is 7.89. The van der Waals surface area contributed by atoms with Crippen molar-refractivity contribution in [3.05, 3.63) is 29.0 Å². The SMILES string of the molecule is COC(Cn1c(-c2cccc(S(=O)(=O)N(C)C)c2)nn(CN2C[C@H](C)C[C@H](C)C2)c1=S)OC. The lowest BCUT2D eigenvalue weighted by Crippen LogP contribution is -2.39. The Labute approximate surface area is 201 Å². The second-order valence-corrected chi connectivity index (χ2v) is 11.6. The molecule has 1 aromatic carbocycles. The Morgan fingerprint density at radius 3 is 2.39 bits per heavy atom. The molecule has 0 saturated carbocycles. The zero-order chi connectivity index (χ0) is 24.3. The first-order valence-corrected chi connectivity index (χ1v) is 12.9. The molecule has 0 radical (unpaired) electrons. The Bertz CT molecular complexity index is 1100. The molecule has 0 N–H and O–H groups in total. The summed E-state index contributed by atoms with van der Waals surface area (Å²) < 4.78 is 41.6. The first-order chi connectivity index (χ1) is 15.6. The van der Waals surface area contributed by atoms with Gasteiger partial charge in [-0.25, -0.2) is 17.4 Å². The van der Waals surface area contributed by atoms with E-state index in [1.807, 2.05) is 15.3 Å². The summed E-state index contributed by atoms with van der Waals surface area (Å²) in [6, 6.07) is 6.77. The summed E-state index contributed by atoms with van der Waals surface area (Å²) in [4.78, 5) is 2.57. The highest BCUT2D eigenvalue weighted by Crippen LogP contribution is 2.25. The number of aromatic nitrogens is 3. The number of rotatable bonds is 9. The van der Waals surface area contributed by atoms with Crippen LogP contribution in [0.5, 0.6) is 0 Å². The van der Waals surface area contributed by atoms with Crippen molar-refractivity contribution in [3.63, 3.8) is 0 Å². The molecular formula is C22H35N5O4S2. The Hall–Kier alpha value is -1.63. The van der Waals surface area contributed by atoms with Gasteiger partial charge < -0.3 is 9.47 Å². The van der Waals surface area contributed by atoms with Crippen LogP contribution in [0.2, 0.25) is 0 Å². The average Bonchev–Trinajstić information content (AvgIpc) is 3.06. The number of piperidine rings is 1. The van der Waals surface area contributed by atoms with Crippen LogP contribution in [-0.2, 0) is 32.7 Å². The molecule has 1 fully saturated rings. The quantitative estimate of drug-likeness (QED) is 0.389. The highest BCUT2D eigenvalue weighted by atomic mass is 32.2. The van der Waals surface area contributed by atoms with Gasteiger partial charge in [-0.1, -0.05) is 26.0 Å². The van der Waals surface area contributed by atoms with E-state index < -0.39 is 16.3 Å². The topological polar surface area (TPSA) is 81.8 Å². The van der Waals surface area contributed by atoms with Gasteiger partial charge >= 0.3 is 0 Å². The Balaban J connectivity index is 2.05. The number of sulfonamides is 1. The van der Waals surface area contributed by atoms with Gasteiger partial charge in [-0.3, -0.25) is 9.47 Å². The first-order valence-electron chi connectivity index (χ1n) is 11.0. The molecule has 3 rings (SSSR count). The predicted octanol–water partition coefficient (Wildman–Crippen LogP) is 2.89. The lowest BCUT2D eigenvalue weighted by Gasteiger charge is -2.34. The number of nitrogens with zero attached hydrogens (tertiary/aromatic N) is 5. The van der Waals surface area contributed by atoms with E-state index in [9.17, 15) is 8.42 Å². The van der Waals surface area contributed by atoms with Crippen LogP contribution in [0.15, 0.2) is 29.2 Å². The minimum Gasteiger partial charge on any atom is -0.354 e. The number of benzene rings is 1. The minimum atomic E-state index is -3.59. The standard InChI is InChI=1S/C22H35N5O4S2/c1-16-10-17(2)13-25(12-16)15-27-22(32)26(14-20(30-5)31-6)21(23-27)18-8-7-9-19(11-18)33(28,29)24(3)4/h7-9,11,16-17,20H,10,12-15H2,1-6H3/t16-,17+. The van der Waals surface area contributed by atoms with E-state index in [2.05, 4.69) is 18.7 Å². The Morgan fingerprint density at radius 1 is 1.18 bits per heavy atom. The van der Waals surface area contributed by atoms with E-state index in [4.69, 9.17) is 26.8 Å². The maximum atomic E-state index is 12.7. The lowest BCUT2D eigenvalue weighted by atomic mass is 9.92. The predicted molar refractivity (Wildman–Crippen MR) is 130 cm³/mol.